The third-order valence-electron chi connectivity index (χ3n) is 9.22. The first-order valence-electron chi connectivity index (χ1n) is 18.9. The van der Waals surface area contributed by atoms with Gasteiger partial charge in [-0.05, 0) is 126 Å². The minimum atomic E-state index is -0.921. The SMILES string of the molecule is COc1ccc(N(c2ccccc2)c2ccc(/C=C/c3ccc(/C=C/c4ccc(N(c5ccccc5)c5ccc(OC(=O)OCC(C)=O)cc5)cc4)cc3)cc2)cc1. The van der Waals surface area contributed by atoms with Gasteiger partial charge in [-0.1, -0.05) is 109 Å². The lowest BCUT2D eigenvalue weighted by Crippen LogP contribution is -2.15. The summed E-state index contributed by atoms with van der Waals surface area (Å²) in [6, 6.07) is 61.0. The highest BCUT2D eigenvalue weighted by molar-refractivity contribution is 5.81. The maximum Gasteiger partial charge on any atom is 0.514 e. The average Bonchev–Trinajstić information content (AvgIpc) is 3.27. The molecule has 0 saturated carbocycles. The van der Waals surface area contributed by atoms with Crippen molar-refractivity contribution in [2.45, 2.75) is 6.92 Å². The van der Waals surface area contributed by atoms with Crippen molar-refractivity contribution in [3.8, 4) is 11.5 Å². The molecule has 58 heavy (non-hydrogen) atoms. The van der Waals surface area contributed by atoms with Crippen LogP contribution >= 0.6 is 0 Å². The zero-order valence-corrected chi connectivity index (χ0v) is 32.3. The van der Waals surface area contributed by atoms with Gasteiger partial charge in [0, 0.05) is 34.1 Å². The Labute approximate surface area is 339 Å². The third-order valence-corrected chi connectivity index (χ3v) is 9.22. The van der Waals surface area contributed by atoms with E-state index in [0.29, 0.717) is 5.75 Å². The maximum atomic E-state index is 11.9. The molecular weight excluding hydrogens is 721 g/mol. The Balaban J connectivity index is 0.995. The Bertz CT molecular complexity index is 2460. The predicted molar refractivity (Wildman–Crippen MR) is 236 cm³/mol. The number of hydrogen-bond acceptors (Lipinski definition) is 7. The Morgan fingerprint density at radius 2 is 0.741 bits per heavy atom. The second-order valence-corrected chi connectivity index (χ2v) is 13.4. The van der Waals surface area contributed by atoms with E-state index < -0.39 is 6.16 Å². The van der Waals surface area contributed by atoms with Gasteiger partial charge in [0.1, 0.15) is 11.5 Å². The van der Waals surface area contributed by atoms with E-state index in [9.17, 15) is 9.59 Å². The fourth-order valence-corrected chi connectivity index (χ4v) is 6.30. The van der Waals surface area contributed by atoms with Crippen LogP contribution in [0.2, 0.25) is 0 Å². The van der Waals surface area contributed by atoms with Crippen molar-refractivity contribution in [1.29, 1.82) is 0 Å². The molecule has 0 amide bonds. The highest BCUT2D eigenvalue weighted by atomic mass is 16.7. The molecule has 0 bridgehead atoms. The summed E-state index contributed by atoms with van der Waals surface area (Å²) in [7, 11) is 1.68. The van der Waals surface area contributed by atoms with Gasteiger partial charge in [0.05, 0.1) is 7.11 Å². The van der Waals surface area contributed by atoms with Crippen molar-refractivity contribution in [3.05, 3.63) is 204 Å². The van der Waals surface area contributed by atoms with E-state index in [1.54, 1.807) is 19.2 Å². The topological polar surface area (TPSA) is 68.3 Å². The first-order chi connectivity index (χ1) is 28.4. The van der Waals surface area contributed by atoms with Crippen LogP contribution in [-0.4, -0.2) is 25.7 Å². The number of rotatable bonds is 14. The standard InChI is InChI=1S/C51H42N2O5/c1-38(54)37-57-51(55)58-50-35-31-48(32-36-50)53(44-11-7-4-8-12-44)46-27-23-42(24-28-46)20-18-40-15-13-39(14-16-40)17-19-41-21-25-45(26-22-41)52(43-9-5-3-6-10-43)47-29-33-49(56-2)34-30-47/h3-36H,37H2,1-2H3/b19-17+,20-18+. The lowest BCUT2D eigenvalue weighted by Gasteiger charge is -2.25. The molecule has 7 aromatic carbocycles. The molecule has 7 nitrogen and oxygen atoms in total. The van der Waals surface area contributed by atoms with Crippen molar-refractivity contribution < 1.29 is 23.8 Å². The summed E-state index contributed by atoms with van der Waals surface area (Å²) in [4.78, 5) is 27.4. The molecule has 0 aliphatic carbocycles. The number of carbonyl (C=O) groups excluding carboxylic acids is 2. The lowest BCUT2D eigenvalue weighted by atomic mass is 10.1. The zero-order valence-electron chi connectivity index (χ0n) is 32.3. The minimum Gasteiger partial charge on any atom is -0.497 e. The quantitative estimate of drug-likeness (QED) is 0.0621. The van der Waals surface area contributed by atoms with Crippen LogP contribution in [0.25, 0.3) is 24.3 Å². The second-order valence-electron chi connectivity index (χ2n) is 13.4. The van der Waals surface area contributed by atoms with Crippen LogP contribution in [0.3, 0.4) is 0 Å². The van der Waals surface area contributed by atoms with E-state index >= 15 is 0 Å². The van der Waals surface area contributed by atoms with Crippen LogP contribution in [-0.2, 0) is 9.53 Å². The van der Waals surface area contributed by atoms with E-state index in [1.165, 1.54) is 6.92 Å². The number of carbonyl (C=O) groups is 2. The first kappa shape index (κ1) is 38.6. The van der Waals surface area contributed by atoms with Crippen LogP contribution in [0.15, 0.2) is 182 Å². The molecule has 0 aliphatic heterocycles. The Hall–Kier alpha value is -7.64. The number of anilines is 6. The van der Waals surface area contributed by atoms with Crippen molar-refractivity contribution in [3.63, 3.8) is 0 Å². The molecule has 0 fully saturated rings. The number of Topliss-reactive ketones (excluding diaryl/α,β-unsaturated/α-hetero) is 1. The second kappa shape index (κ2) is 18.8. The predicted octanol–water partition coefficient (Wildman–Crippen LogP) is 13.1. The molecule has 0 aliphatic rings. The largest absolute Gasteiger partial charge is 0.514 e. The lowest BCUT2D eigenvalue weighted by molar-refractivity contribution is -0.120. The average molecular weight is 763 g/mol. The Morgan fingerprint density at radius 1 is 0.431 bits per heavy atom. The third kappa shape index (κ3) is 10.2. The maximum absolute atomic E-state index is 11.9. The molecule has 0 heterocycles. The van der Waals surface area contributed by atoms with Gasteiger partial charge in [-0.2, -0.15) is 0 Å². The molecule has 0 atom stereocenters. The van der Waals surface area contributed by atoms with Gasteiger partial charge in [0.2, 0.25) is 0 Å². The molecule has 286 valence electrons. The molecule has 0 unspecified atom stereocenters. The van der Waals surface area contributed by atoms with Crippen LogP contribution < -0.4 is 19.3 Å². The van der Waals surface area contributed by atoms with Crippen LogP contribution in [0.1, 0.15) is 29.2 Å². The summed E-state index contributed by atoms with van der Waals surface area (Å²) < 4.78 is 15.4. The van der Waals surface area contributed by atoms with Gasteiger partial charge in [-0.25, -0.2) is 4.79 Å². The van der Waals surface area contributed by atoms with Gasteiger partial charge >= 0.3 is 6.16 Å². The summed E-state index contributed by atoms with van der Waals surface area (Å²) >= 11 is 0. The fourth-order valence-electron chi connectivity index (χ4n) is 6.30. The summed E-state index contributed by atoms with van der Waals surface area (Å²) in [5.74, 6) is 0.880. The molecule has 7 aromatic rings. The van der Waals surface area contributed by atoms with E-state index in [2.05, 4.69) is 131 Å². The van der Waals surface area contributed by atoms with Crippen LogP contribution in [0, 0.1) is 0 Å². The number of ether oxygens (including phenoxy) is 3. The summed E-state index contributed by atoms with van der Waals surface area (Å²) in [6.45, 7) is 1.02. The molecular formula is C51H42N2O5. The molecule has 0 spiro atoms. The highest BCUT2D eigenvalue weighted by Gasteiger charge is 2.15. The first-order valence-corrected chi connectivity index (χ1v) is 18.9. The number of methoxy groups -OCH3 is 1. The number of ketones is 1. The Kier molecular flexibility index (Phi) is 12.5. The molecule has 0 saturated heterocycles. The van der Waals surface area contributed by atoms with Gasteiger partial charge in [-0.3, -0.25) is 4.79 Å². The van der Waals surface area contributed by atoms with E-state index in [0.717, 1.165) is 62.1 Å². The normalized spacial score (nSPS) is 11.0. The minimum absolute atomic E-state index is 0.261. The molecule has 0 aromatic heterocycles. The van der Waals surface area contributed by atoms with Gasteiger partial charge in [-0.15, -0.1) is 0 Å². The zero-order chi connectivity index (χ0) is 40.1. The molecule has 7 rings (SSSR count). The summed E-state index contributed by atoms with van der Waals surface area (Å²) in [5.41, 5.74) is 10.4. The highest BCUT2D eigenvalue weighted by Crippen LogP contribution is 2.37. The van der Waals surface area contributed by atoms with Crippen molar-refractivity contribution in [2.75, 3.05) is 23.5 Å². The van der Waals surface area contributed by atoms with Crippen molar-refractivity contribution in [1.82, 2.24) is 0 Å². The fraction of sp³-hybridized carbons (Fsp3) is 0.0588. The van der Waals surface area contributed by atoms with Crippen molar-refractivity contribution in [2.24, 2.45) is 0 Å². The molecule has 0 N–H and O–H groups in total. The van der Waals surface area contributed by atoms with Gasteiger partial charge < -0.3 is 24.0 Å². The number of benzene rings is 7. The van der Waals surface area contributed by atoms with Gasteiger partial charge in [0.25, 0.3) is 0 Å². The van der Waals surface area contributed by atoms with Crippen LogP contribution in [0.4, 0.5) is 38.9 Å². The van der Waals surface area contributed by atoms with E-state index in [4.69, 9.17) is 14.2 Å². The number of para-hydroxylation sites is 2. The summed E-state index contributed by atoms with van der Waals surface area (Å²) in [5, 5.41) is 0. The monoisotopic (exact) mass is 762 g/mol. The van der Waals surface area contributed by atoms with E-state index in [1.807, 2.05) is 72.8 Å². The Morgan fingerprint density at radius 3 is 1.09 bits per heavy atom. The number of hydrogen-bond donors (Lipinski definition) is 0. The smallest absolute Gasteiger partial charge is 0.497 e. The van der Waals surface area contributed by atoms with Gasteiger partial charge in [0.15, 0.2) is 12.4 Å². The number of nitrogens with zero attached hydrogens (tertiary/aromatic N) is 2. The molecule has 0 radical (unpaired) electrons. The van der Waals surface area contributed by atoms with E-state index in [-0.39, 0.29) is 12.4 Å². The molecule has 7 heteroatoms. The summed E-state index contributed by atoms with van der Waals surface area (Å²) in [6.07, 6.45) is 7.55. The van der Waals surface area contributed by atoms with Crippen LogP contribution in [0.5, 0.6) is 11.5 Å². The van der Waals surface area contributed by atoms with Crippen molar-refractivity contribution >= 4 is 70.4 Å².